The van der Waals surface area contributed by atoms with Crippen LogP contribution in [0.1, 0.15) is 32.3 Å². The Balaban J connectivity index is 1.95. The Morgan fingerprint density at radius 3 is 2.76 bits per heavy atom. The minimum atomic E-state index is -0.205. The standard InChI is InChI=1S/C18H28N4O2S/c1-3-20-18(24)16-11-15(21-17(23)7-10-25-4-2)13-22(16)12-14-5-8-19-9-6-14/h5-6,8-9,15-16H,3-4,7,10-13H2,1-2H3,(H,20,24)(H,21,23)/t15-,16-/m0/s1. The van der Waals surface area contributed by atoms with Crippen molar-refractivity contribution in [1.29, 1.82) is 0 Å². The van der Waals surface area contributed by atoms with Gasteiger partial charge in [-0.25, -0.2) is 0 Å². The minimum absolute atomic E-state index is 0.0218. The van der Waals surface area contributed by atoms with Crippen LogP contribution in [0.2, 0.25) is 0 Å². The van der Waals surface area contributed by atoms with Crippen molar-refractivity contribution in [3.63, 3.8) is 0 Å². The fraction of sp³-hybridized carbons (Fsp3) is 0.611. The van der Waals surface area contributed by atoms with Crippen molar-refractivity contribution in [2.75, 3.05) is 24.6 Å². The van der Waals surface area contributed by atoms with Gasteiger partial charge in [0, 0.05) is 50.2 Å². The lowest BCUT2D eigenvalue weighted by atomic mass is 10.1. The number of nitrogens with one attached hydrogen (secondary N) is 2. The van der Waals surface area contributed by atoms with Gasteiger partial charge in [-0.1, -0.05) is 6.92 Å². The maximum atomic E-state index is 12.4. The van der Waals surface area contributed by atoms with E-state index in [1.165, 1.54) is 0 Å². The average molecular weight is 365 g/mol. The van der Waals surface area contributed by atoms with Crippen LogP contribution in [-0.2, 0) is 16.1 Å². The van der Waals surface area contributed by atoms with Gasteiger partial charge in [0.25, 0.3) is 0 Å². The molecule has 7 heteroatoms. The quantitative estimate of drug-likeness (QED) is 0.648. The highest BCUT2D eigenvalue weighted by molar-refractivity contribution is 7.99. The lowest BCUT2D eigenvalue weighted by Gasteiger charge is -2.23. The summed E-state index contributed by atoms with van der Waals surface area (Å²) in [7, 11) is 0. The van der Waals surface area contributed by atoms with E-state index < -0.39 is 0 Å². The molecule has 1 saturated heterocycles. The van der Waals surface area contributed by atoms with Crippen LogP contribution in [0, 0.1) is 0 Å². The summed E-state index contributed by atoms with van der Waals surface area (Å²) >= 11 is 1.77. The molecule has 2 amide bonds. The molecule has 25 heavy (non-hydrogen) atoms. The number of hydrogen-bond acceptors (Lipinski definition) is 5. The molecular formula is C18H28N4O2S. The van der Waals surface area contributed by atoms with E-state index in [0.717, 1.165) is 17.1 Å². The van der Waals surface area contributed by atoms with Crippen LogP contribution >= 0.6 is 11.8 Å². The molecule has 0 aliphatic carbocycles. The molecule has 1 aliphatic heterocycles. The molecule has 2 heterocycles. The first-order valence-corrected chi connectivity index (χ1v) is 10.1. The fourth-order valence-electron chi connectivity index (χ4n) is 3.08. The SMILES string of the molecule is CCNC(=O)[C@@H]1C[C@H](NC(=O)CCSCC)CN1Cc1ccncc1. The maximum Gasteiger partial charge on any atom is 0.237 e. The number of carbonyl (C=O) groups excluding carboxylic acids is 2. The Bertz CT molecular complexity index is 555. The molecule has 0 unspecified atom stereocenters. The van der Waals surface area contributed by atoms with Crippen molar-refractivity contribution >= 4 is 23.6 Å². The van der Waals surface area contributed by atoms with E-state index >= 15 is 0 Å². The van der Waals surface area contributed by atoms with Crippen molar-refractivity contribution in [3.8, 4) is 0 Å². The summed E-state index contributed by atoms with van der Waals surface area (Å²) in [5, 5.41) is 6.00. The predicted octanol–water partition coefficient (Wildman–Crippen LogP) is 1.42. The summed E-state index contributed by atoms with van der Waals surface area (Å²) in [6.07, 6.45) is 4.71. The Kier molecular flexibility index (Phi) is 8.21. The third-order valence-electron chi connectivity index (χ3n) is 4.23. The van der Waals surface area contributed by atoms with Crippen molar-refractivity contribution in [2.24, 2.45) is 0 Å². The lowest BCUT2D eigenvalue weighted by molar-refractivity contribution is -0.125. The van der Waals surface area contributed by atoms with Gasteiger partial charge in [-0.3, -0.25) is 19.5 Å². The largest absolute Gasteiger partial charge is 0.355 e. The molecule has 2 rings (SSSR count). The van der Waals surface area contributed by atoms with Gasteiger partial charge in [-0.15, -0.1) is 0 Å². The second-order valence-corrected chi connectivity index (χ2v) is 7.54. The number of nitrogens with zero attached hydrogens (tertiary/aromatic N) is 2. The molecular weight excluding hydrogens is 336 g/mol. The number of rotatable bonds is 9. The summed E-state index contributed by atoms with van der Waals surface area (Å²) in [4.78, 5) is 30.7. The third-order valence-corrected chi connectivity index (χ3v) is 5.14. The number of pyridine rings is 1. The van der Waals surface area contributed by atoms with E-state index in [0.29, 0.717) is 32.5 Å². The molecule has 0 aromatic carbocycles. The number of likely N-dealkylation sites (tertiary alicyclic amines) is 1. The summed E-state index contributed by atoms with van der Waals surface area (Å²) in [5.41, 5.74) is 1.12. The molecule has 0 bridgehead atoms. The first-order chi connectivity index (χ1) is 12.1. The van der Waals surface area contributed by atoms with Crippen LogP contribution in [0.3, 0.4) is 0 Å². The van der Waals surface area contributed by atoms with Gasteiger partial charge in [0.2, 0.25) is 11.8 Å². The van der Waals surface area contributed by atoms with Crippen molar-refractivity contribution in [3.05, 3.63) is 30.1 Å². The summed E-state index contributed by atoms with van der Waals surface area (Å²) in [6, 6.07) is 3.74. The first kappa shape index (κ1) is 19.7. The normalized spacial score (nSPS) is 20.4. The molecule has 1 aromatic heterocycles. The van der Waals surface area contributed by atoms with Crippen LogP contribution in [0.5, 0.6) is 0 Å². The fourth-order valence-corrected chi connectivity index (χ4v) is 3.70. The molecule has 1 fully saturated rings. The zero-order valence-corrected chi connectivity index (χ0v) is 15.8. The van der Waals surface area contributed by atoms with Crippen molar-refractivity contribution in [2.45, 2.75) is 45.3 Å². The molecule has 6 nitrogen and oxygen atoms in total. The molecule has 1 aromatic rings. The topological polar surface area (TPSA) is 74.3 Å². The molecule has 0 radical (unpaired) electrons. The lowest BCUT2D eigenvalue weighted by Crippen LogP contribution is -2.42. The Labute approximate surface area is 154 Å². The van der Waals surface area contributed by atoms with E-state index in [4.69, 9.17) is 0 Å². The van der Waals surface area contributed by atoms with E-state index in [1.807, 2.05) is 19.1 Å². The number of thioether (sulfide) groups is 1. The van der Waals surface area contributed by atoms with Crippen molar-refractivity contribution < 1.29 is 9.59 Å². The van der Waals surface area contributed by atoms with E-state index in [9.17, 15) is 9.59 Å². The molecule has 2 atom stereocenters. The number of hydrogen-bond donors (Lipinski definition) is 2. The van der Waals surface area contributed by atoms with Crippen LogP contribution in [0.15, 0.2) is 24.5 Å². The van der Waals surface area contributed by atoms with Gasteiger partial charge in [-0.2, -0.15) is 11.8 Å². The second kappa shape index (κ2) is 10.4. The van der Waals surface area contributed by atoms with Gasteiger partial charge in [0.15, 0.2) is 0 Å². The van der Waals surface area contributed by atoms with Crippen LogP contribution in [-0.4, -0.2) is 58.4 Å². The molecule has 0 spiro atoms. The number of aromatic nitrogens is 1. The van der Waals surface area contributed by atoms with E-state index in [2.05, 4.69) is 27.4 Å². The highest BCUT2D eigenvalue weighted by atomic mass is 32.2. The second-order valence-electron chi connectivity index (χ2n) is 6.14. The predicted molar refractivity (Wildman–Crippen MR) is 101 cm³/mol. The van der Waals surface area contributed by atoms with Gasteiger partial charge in [0.1, 0.15) is 0 Å². The zero-order valence-electron chi connectivity index (χ0n) is 15.0. The van der Waals surface area contributed by atoms with Crippen LogP contribution < -0.4 is 10.6 Å². The monoisotopic (exact) mass is 364 g/mol. The summed E-state index contributed by atoms with van der Waals surface area (Å²) in [5.74, 6) is 1.98. The van der Waals surface area contributed by atoms with Gasteiger partial charge >= 0.3 is 0 Å². The number of amides is 2. The van der Waals surface area contributed by atoms with Crippen LogP contribution in [0.4, 0.5) is 0 Å². The van der Waals surface area contributed by atoms with Gasteiger partial charge in [0.05, 0.1) is 6.04 Å². The molecule has 0 saturated carbocycles. The van der Waals surface area contributed by atoms with Crippen LogP contribution in [0.25, 0.3) is 0 Å². The number of carbonyl (C=O) groups is 2. The summed E-state index contributed by atoms with van der Waals surface area (Å²) < 4.78 is 0. The third kappa shape index (κ3) is 6.32. The highest BCUT2D eigenvalue weighted by Gasteiger charge is 2.37. The number of likely N-dealkylation sites (N-methyl/N-ethyl adjacent to an activating group) is 1. The summed E-state index contributed by atoms with van der Waals surface area (Å²) in [6.45, 7) is 6.00. The molecule has 138 valence electrons. The van der Waals surface area contributed by atoms with Crippen molar-refractivity contribution in [1.82, 2.24) is 20.5 Å². The zero-order chi connectivity index (χ0) is 18.1. The smallest absolute Gasteiger partial charge is 0.237 e. The Morgan fingerprint density at radius 1 is 1.32 bits per heavy atom. The highest BCUT2D eigenvalue weighted by Crippen LogP contribution is 2.21. The minimum Gasteiger partial charge on any atom is -0.355 e. The van der Waals surface area contributed by atoms with Gasteiger partial charge in [-0.05, 0) is 36.8 Å². The molecule has 2 N–H and O–H groups in total. The Hall–Kier alpha value is -1.60. The Morgan fingerprint density at radius 2 is 2.08 bits per heavy atom. The van der Waals surface area contributed by atoms with E-state index in [-0.39, 0.29) is 23.9 Å². The maximum absolute atomic E-state index is 12.4. The average Bonchev–Trinajstić information content (AvgIpc) is 2.98. The van der Waals surface area contributed by atoms with E-state index in [1.54, 1.807) is 24.2 Å². The van der Waals surface area contributed by atoms with Gasteiger partial charge < -0.3 is 10.6 Å². The molecule has 1 aliphatic rings. The first-order valence-electron chi connectivity index (χ1n) is 8.91.